The van der Waals surface area contributed by atoms with E-state index in [0.29, 0.717) is 0 Å². The van der Waals surface area contributed by atoms with Gasteiger partial charge in [0, 0.05) is 15.1 Å². The van der Waals surface area contributed by atoms with Crippen LogP contribution in [0, 0.1) is 0 Å². The highest BCUT2D eigenvalue weighted by molar-refractivity contribution is 9.11. The second kappa shape index (κ2) is 6.45. The first-order chi connectivity index (χ1) is 8.72. The van der Waals surface area contributed by atoms with Crippen molar-refractivity contribution in [2.45, 2.75) is 13.0 Å². The molecule has 18 heavy (non-hydrogen) atoms. The minimum Gasteiger partial charge on any atom is -0.305 e. The van der Waals surface area contributed by atoms with Crippen LogP contribution in [0.1, 0.15) is 24.2 Å². The van der Waals surface area contributed by atoms with E-state index in [-0.39, 0.29) is 6.04 Å². The minimum atomic E-state index is 0.110. The molecule has 0 bridgehead atoms. The molecular weight excluding hydrogens is 356 g/mol. The molecule has 0 amide bonds. The van der Waals surface area contributed by atoms with Gasteiger partial charge in [-0.05, 0) is 50.0 Å². The first kappa shape index (κ1) is 13.7. The van der Waals surface area contributed by atoms with Gasteiger partial charge < -0.3 is 5.32 Å². The summed E-state index contributed by atoms with van der Waals surface area (Å²) in [6.45, 7) is 2.99. The fraction of sp³-hybridized carbons (Fsp3) is 0.214. The van der Waals surface area contributed by atoms with Gasteiger partial charge in [-0.15, -0.1) is 0 Å². The average molecular weight is 370 g/mol. The fourth-order valence-corrected chi connectivity index (χ4v) is 3.08. The van der Waals surface area contributed by atoms with Crippen LogP contribution < -0.4 is 5.32 Å². The number of pyridine rings is 1. The maximum atomic E-state index is 4.52. The number of halogens is 2. The second-order valence-corrected chi connectivity index (χ2v) is 5.69. The summed E-state index contributed by atoms with van der Waals surface area (Å²) < 4.78 is 1.98. The van der Waals surface area contributed by atoms with Gasteiger partial charge in [-0.1, -0.05) is 37.3 Å². The third-order valence-corrected chi connectivity index (χ3v) is 3.72. The topological polar surface area (TPSA) is 24.9 Å². The van der Waals surface area contributed by atoms with Crippen molar-refractivity contribution in [3.63, 3.8) is 0 Å². The van der Waals surface area contributed by atoms with Crippen molar-refractivity contribution < 1.29 is 0 Å². The van der Waals surface area contributed by atoms with Crippen molar-refractivity contribution in [3.8, 4) is 0 Å². The van der Waals surface area contributed by atoms with Crippen LogP contribution in [0.3, 0.4) is 0 Å². The van der Waals surface area contributed by atoms with Gasteiger partial charge in [0.25, 0.3) is 0 Å². The molecule has 1 heterocycles. The molecule has 0 aliphatic rings. The van der Waals surface area contributed by atoms with Crippen LogP contribution >= 0.6 is 31.9 Å². The van der Waals surface area contributed by atoms with Crippen molar-refractivity contribution in [1.82, 2.24) is 10.3 Å². The standard InChI is InChI=1S/C14H14Br2N2/c1-2-17-13(10-6-4-3-5-7-10)14-12(16)8-11(15)9-18-14/h3-9,13,17H,2H2,1H3. The van der Waals surface area contributed by atoms with Gasteiger partial charge in [0.1, 0.15) is 0 Å². The molecule has 1 aromatic carbocycles. The molecule has 1 N–H and O–H groups in total. The first-order valence-electron chi connectivity index (χ1n) is 5.81. The zero-order valence-corrected chi connectivity index (χ0v) is 13.2. The number of rotatable bonds is 4. The van der Waals surface area contributed by atoms with E-state index in [4.69, 9.17) is 0 Å². The molecule has 0 spiro atoms. The Labute approximate surface area is 124 Å². The Bertz CT molecular complexity index is 514. The molecule has 0 aliphatic heterocycles. The second-order valence-electron chi connectivity index (χ2n) is 3.92. The first-order valence-corrected chi connectivity index (χ1v) is 7.40. The summed E-state index contributed by atoms with van der Waals surface area (Å²) in [6, 6.07) is 12.5. The molecule has 1 unspecified atom stereocenters. The van der Waals surface area contributed by atoms with Gasteiger partial charge in [0.15, 0.2) is 0 Å². The number of nitrogens with zero attached hydrogens (tertiary/aromatic N) is 1. The number of benzene rings is 1. The van der Waals surface area contributed by atoms with E-state index in [1.54, 1.807) is 0 Å². The number of nitrogens with one attached hydrogen (secondary N) is 1. The molecule has 2 rings (SSSR count). The summed E-state index contributed by atoms with van der Waals surface area (Å²) in [5.41, 5.74) is 2.22. The van der Waals surface area contributed by atoms with Gasteiger partial charge in [0.2, 0.25) is 0 Å². The van der Waals surface area contributed by atoms with Crippen LogP contribution in [0.5, 0.6) is 0 Å². The van der Waals surface area contributed by atoms with Gasteiger partial charge in [-0.2, -0.15) is 0 Å². The maximum absolute atomic E-state index is 4.52. The summed E-state index contributed by atoms with van der Waals surface area (Å²) in [4.78, 5) is 4.52. The van der Waals surface area contributed by atoms with Crippen LogP contribution in [0.2, 0.25) is 0 Å². The highest BCUT2D eigenvalue weighted by Crippen LogP contribution is 2.28. The van der Waals surface area contributed by atoms with Gasteiger partial charge in [0.05, 0.1) is 11.7 Å². The molecule has 2 nitrogen and oxygen atoms in total. The summed E-state index contributed by atoms with van der Waals surface area (Å²) >= 11 is 7.01. The fourth-order valence-electron chi connectivity index (χ4n) is 1.86. The van der Waals surface area contributed by atoms with Gasteiger partial charge in [-0.25, -0.2) is 0 Å². The SMILES string of the molecule is CCNC(c1ccccc1)c1ncc(Br)cc1Br. The monoisotopic (exact) mass is 368 g/mol. The lowest BCUT2D eigenvalue weighted by atomic mass is 10.0. The Morgan fingerprint density at radius 3 is 2.56 bits per heavy atom. The minimum absolute atomic E-state index is 0.110. The molecule has 2 aromatic rings. The predicted octanol–water partition coefficient (Wildman–Crippen LogP) is 4.31. The average Bonchev–Trinajstić information content (AvgIpc) is 2.38. The molecule has 1 aromatic heterocycles. The van der Waals surface area contributed by atoms with E-state index >= 15 is 0 Å². The molecule has 1 atom stereocenters. The largest absolute Gasteiger partial charge is 0.305 e. The van der Waals surface area contributed by atoms with Gasteiger partial charge >= 0.3 is 0 Å². The summed E-state index contributed by atoms with van der Waals surface area (Å²) in [7, 11) is 0. The zero-order valence-electron chi connectivity index (χ0n) is 10.0. The number of aromatic nitrogens is 1. The summed E-state index contributed by atoms with van der Waals surface area (Å²) in [6.07, 6.45) is 1.83. The smallest absolute Gasteiger partial charge is 0.0762 e. The maximum Gasteiger partial charge on any atom is 0.0762 e. The van der Waals surface area contributed by atoms with E-state index in [9.17, 15) is 0 Å². The van der Waals surface area contributed by atoms with Crippen molar-refractivity contribution in [2.75, 3.05) is 6.54 Å². The van der Waals surface area contributed by atoms with Crippen LogP contribution in [-0.4, -0.2) is 11.5 Å². The van der Waals surface area contributed by atoms with Gasteiger partial charge in [-0.3, -0.25) is 4.98 Å². The van der Waals surface area contributed by atoms with Crippen molar-refractivity contribution in [1.29, 1.82) is 0 Å². The molecule has 0 fully saturated rings. The van der Waals surface area contributed by atoms with Crippen LogP contribution in [0.25, 0.3) is 0 Å². The molecular formula is C14H14Br2N2. The van der Waals surface area contributed by atoms with Crippen molar-refractivity contribution >= 4 is 31.9 Å². The lowest BCUT2D eigenvalue weighted by molar-refractivity contribution is 0.613. The van der Waals surface area contributed by atoms with Crippen molar-refractivity contribution in [3.05, 3.63) is 62.8 Å². The predicted molar refractivity (Wildman–Crippen MR) is 81.6 cm³/mol. The highest BCUT2D eigenvalue weighted by atomic mass is 79.9. The third kappa shape index (κ3) is 3.19. The van der Waals surface area contributed by atoms with E-state index in [0.717, 1.165) is 21.2 Å². The highest BCUT2D eigenvalue weighted by Gasteiger charge is 2.17. The Morgan fingerprint density at radius 2 is 1.94 bits per heavy atom. The van der Waals surface area contributed by atoms with E-state index < -0.39 is 0 Å². The lowest BCUT2D eigenvalue weighted by Crippen LogP contribution is -2.23. The molecule has 94 valence electrons. The van der Waals surface area contributed by atoms with E-state index in [2.05, 4.69) is 61.2 Å². The Kier molecular flexibility index (Phi) is 4.92. The summed E-state index contributed by atoms with van der Waals surface area (Å²) in [5.74, 6) is 0. The molecule has 0 saturated heterocycles. The molecule has 0 aliphatic carbocycles. The quantitative estimate of drug-likeness (QED) is 0.868. The number of hydrogen-bond acceptors (Lipinski definition) is 2. The zero-order chi connectivity index (χ0) is 13.0. The van der Waals surface area contributed by atoms with Crippen molar-refractivity contribution in [2.24, 2.45) is 0 Å². The van der Waals surface area contributed by atoms with Crippen LogP contribution in [0.4, 0.5) is 0 Å². The Hall–Kier alpha value is -0.710. The molecule has 0 saturated carbocycles. The Morgan fingerprint density at radius 1 is 1.22 bits per heavy atom. The summed E-state index contributed by atoms with van der Waals surface area (Å²) in [5, 5.41) is 3.47. The van der Waals surface area contributed by atoms with Crippen LogP contribution in [0.15, 0.2) is 51.5 Å². The van der Waals surface area contributed by atoms with E-state index in [1.165, 1.54) is 5.56 Å². The van der Waals surface area contributed by atoms with Crippen LogP contribution in [-0.2, 0) is 0 Å². The van der Waals surface area contributed by atoms with E-state index in [1.807, 2.05) is 30.5 Å². The third-order valence-electron chi connectivity index (χ3n) is 2.65. The molecule has 0 radical (unpaired) electrons. The normalized spacial score (nSPS) is 12.4. The number of hydrogen-bond donors (Lipinski definition) is 1. The lowest BCUT2D eigenvalue weighted by Gasteiger charge is -2.19. The Balaban J connectivity index is 2.41. The molecule has 4 heteroatoms.